The van der Waals surface area contributed by atoms with Crippen LogP contribution in [-0.2, 0) is 16.3 Å². The summed E-state index contributed by atoms with van der Waals surface area (Å²) in [5.41, 5.74) is 8.31. The smallest absolute Gasteiger partial charge is 0.339 e. The standard InChI is InChI=1S/C15H17NO3S.C12H10O3/c1-20(18,19)14-5-2-11(3-6-14)12-4-7-15(17)13(10-12)8-9-16;1-15-11-7-9-5-3-2-4-8(9)6-10(11)12(13)14/h2-7,10,17H,8-9,16H2,1H3;2-7H,1H3,(H,13,14). The molecule has 4 aromatic rings. The highest BCUT2D eigenvalue weighted by atomic mass is 32.2. The summed E-state index contributed by atoms with van der Waals surface area (Å²) in [5.74, 6) is -0.356. The summed E-state index contributed by atoms with van der Waals surface area (Å²) in [6, 6.07) is 22.9. The van der Waals surface area contributed by atoms with E-state index in [0.29, 0.717) is 23.6 Å². The number of ether oxygens (including phenoxy) is 1. The molecule has 7 nitrogen and oxygen atoms in total. The van der Waals surface area contributed by atoms with Crippen LogP contribution < -0.4 is 10.5 Å². The molecule has 182 valence electrons. The molecule has 0 saturated heterocycles. The van der Waals surface area contributed by atoms with Gasteiger partial charge in [-0.25, -0.2) is 13.2 Å². The molecule has 0 radical (unpaired) electrons. The number of phenols is 1. The number of hydrogen-bond donors (Lipinski definition) is 3. The van der Waals surface area contributed by atoms with Crippen molar-refractivity contribution in [2.45, 2.75) is 11.3 Å². The number of phenolic OH excluding ortho intramolecular Hbond substituents is 1. The summed E-state index contributed by atoms with van der Waals surface area (Å²) in [7, 11) is -1.71. The van der Waals surface area contributed by atoms with E-state index in [9.17, 15) is 18.3 Å². The van der Waals surface area contributed by atoms with Gasteiger partial charge in [0.15, 0.2) is 9.84 Å². The maximum Gasteiger partial charge on any atom is 0.339 e. The van der Waals surface area contributed by atoms with Crippen molar-refractivity contribution < 1.29 is 28.2 Å². The lowest BCUT2D eigenvalue weighted by Gasteiger charge is -2.08. The van der Waals surface area contributed by atoms with Crippen molar-refractivity contribution in [3.05, 3.63) is 90.0 Å². The number of rotatable bonds is 6. The molecule has 0 spiro atoms. The monoisotopic (exact) mass is 493 g/mol. The first-order valence-corrected chi connectivity index (χ1v) is 12.7. The molecular weight excluding hydrogens is 466 g/mol. The number of nitrogens with two attached hydrogens (primary N) is 1. The first-order chi connectivity index (χ1) is 16.6. The van der Waals surface area contributed by atoms with Gasteiger partial charge in [0.05, 0.1) is 12.0 Å². The van der Waals surface area contributed by atoms with E-state index < -0.39 is 15.8 Å². The van der Waals surface area contributed by atoms with Gasteiger partial charge < -0.3 is 20.7 Å². The fraction of sp³-hybridized carbons (Fsp3) is 0.148. The van der Waals surface area contributed by atoms with Gasteiger partial charge in [0.2, 0.25) is 0 Å². The molecule has 0 fully saturated rings. The molecular formula is C27H27NO6S. The van der Waals surface area contributed by atoms with Crippen molar-refractivity contribution in [3.63, 3.8) is 0 Å². The van der Waals surface area contributed by atoms with Crippen LogP contribution in [0.1, 0.15) is 15.9 Å². The number of aromatic carboxylic acids is 1. The number of sulfone groups is 1. The third-order valence-corrected chi connectivity index (χ3v) is 6.54. The van der Waals surface area contributed by atoms with Gasteiger partial charge in [-0.2, -0.15) is 0 Å². The second-order valence-corrected chi connectivity index (χ2v) is 9.90. The molecule has 0 atom stereocenters. The largest absolute Gasteiger partial charge is 0.508 e. The van der Waals surface area contributed by atoms with Crippen molar-refractivity contribution in [3.8, 4) is 22.6 Å². The third kappa shape index (κ3) is 6.38. The fourth-order valence-electron chi connectivity index (χ4n) is 3.57. The van der Waals surface area contributed by atoms with E-state index in [1.807, 2.05) is 30.3 Å². The van der Waals surface area contributed by atoms with Crippen LogP contribution in [0, 0.1) is 0 Å². The lowest BCUT2D eigenvalue weighted by Crippen LogP contribution is -2.03. The molecule has 4 rings (SSSR count). The Bertz CT molecular complexity index is 1450. The van der Waals surface area contributed by atoms with Gasteiger partial charge in [-0.3, -0.25) is 0 Å². The fourth-order valence-corrected chi connectivity index (χ4v) is 4.20. The molecule has 0 amide bonds. The summed E-state index contributed by atoms with van der Waals surface area (Å²) >= 11 is 0. The first kappa shape index (κ1) is 25.7. The van der Waals surface area contributed by atoms with Crippen LogP contribution in [0.3, 0.4) is 0 Å². The number of hydrogen-bond acceptors (Lipinski definition) is 6. The molecule has 8 heteroatoms. The summed E-state index contributed by atoms with van der Waals surface area (Å²) in [5, 5.41) is 20.6. The van der Waals surface area contributed by atoms with E-state index in [0.717, 1.165) is 27.5 Å². The highest BCUT2D eigenvalue weighted by molar-refractivity contribution is 7.90. The van der Waals surface area contributed by atoms with Crippen LogP contribution in [0.4, 0.5) is 0 Å². The number of methoxy groups -OCH3 is 1. The predicted octanol–water partition coefficient (Wildman–Crippen LogP) is 4.51. The second-order valence-electron chi connectivity index (χ2n) is 7.88. The van der Waals surface area contributed by atoms with E-state index in [-0.39, 0.29) is 11.3 Å². The Balaban J connectivity index is 0.000000203. The normalized spacial score (nSPS) is 10.9. The van der Waals surface area contributed by atoms with Crippen molar-refractivity contribution in [1.82, 2.24) is 0 Å². The topological polar surface area (TPSA) is 127 Å². The zero-order valence-corrected chi connectivity index (χ0v) is 20.2. The van der Waals surface area contributed by atoms with Crippen molar-refractivity contribution >= 4 is 26.6 Å². The lowest BCUT2D eigenvalue weighted by molar-refractivity contribution is 0.0693. The van der Waals surface area contributed by atoms with Crippen LogP contribution in [0.5, 0.6) is 11.5 Å². The minimum atomic E-state index is -3.18. The molecule has 0 saturated carbocycles. The number of carbonyl (C=O) groups is 1. The number of benzene rings is 4. The van der Waals surface area contributed by atoms with Crippen LogP contribution in [0.25, 0.3) is 21.9 Å². The maximum atomic E-state index is 11.4. The third-order valence-electron chi connectivity index (χ3n) is 5.41. The number of carboxylic acids is 1. The Morgan fingerprint density at radius 3 is 2.06 bits per heavy atom. The Morgan fingerprint density at radius 2 is 1.51 bits per heavy atom. The molecule has 0 unspecified atom stereocenters. The van der Waals surface area contributed by atoms with Gasteiger partial charge in [0.1, 0.15) is 17.1 Å². The Hall–Kier alpha value is -3.88. The summed E-state index contributed by atoms with van der Waals surface area (Å²) in [6.07, 6.45) is 1.78. The van der Waals surface area contributed by atoms with Crippen LogP contribution >= 0.6 is 0 Å². The average molecular weight is 494 g/mol. The SMILES string of the molecule is COc1cc2ccccc2cc1C(=O)O.CS(=O)(=O)c1ccc(-c2ccc(O)c(CCN)c2)cc1. The van der Waals surface area contributed by atoms with Gasteiger partial charge in [-0.05, 0) is 76.8 Å². The molecule has 4 aromatic carbocycles. The highest BCUT2D eigenvalue weighted by Crippen LogP contribution is 2.27. The number of aromatic hydroxyl groups is 1. The minimum Gasteiger partial charge on any atom is -0.508 e. The zero-order valence-electron chi connectivity index (χ0n) is 19.4. The van der Waals surface area contributed by atoms with Crippen LogP contribution in [-0.4, -0.2) is 44.5 Å². The molecule has 0 aliphatic heterocycles. The summed E-state index contributed by atoms with van der Waals surface area (Å²) < 4.78 is 27.9. The maximum absolute atomic E-state index is 11.4. The summed E-state index contributed by atoms with van der Waals surface area (Å²) in [6.45, 7) is 0.462. The van der Waals surface area contributed by atoms with Gasteiger partial charge >= 0.3 is 5.97 Å². The average Bonchev–Trinajstić information content (AvgIpc) is 2.84. The Morgan fingerprint density at radius 1 is 0.914 bits per heavy atom. The molecule has 0 bridgehead atoms. The van der Waals surface area contributed by atoms with Gasteiger partial charge in [-0.15, -0.1) is 0 Å². The Kier molecular flexibility index (Phi) is 8.11. The van der Waals surface area contributed by atoms with E-state index in [4.69, 9.17) is 15.6 Å². The van der Waals surface area contributed by atoms with Gasteiger partial charge in [0, 0.05) is 6.26 Å². The number of carboxylic acid groups (broad SMARTS) is 1. The second kappa shape index (κ2) is 11.0. The van der Waals surface area contributed by atoms with Gasteiger partial charge in [-0.1, -0.05) is 42.5 Å². The van der Waals surface area contributed by atoms with E-state index in [1.54, 1.807) is 48.5 Å². The van der Waals surface area contributed by atoms with E-state index in [1.165, 1.54) is 13.4 Å². The summed E-state index contributed by atoms with van der Waals surface area (Å²) in [4.78, 5) is 11.2. The molecule has 0 aliphatic rings. The molecule has 0 aromatic heterocycles. The minimum absolute atomic E-state index is 0.191. The molecule has 35 heavy (non-hydrogen) atoms. The highest BCUT2D eigenvalue weighted by Gasteiger charge is 2.11. The van der Waals surface area contributed by atoms with Crippen molar-refractivity contribution in [2.24, 2.45) is 5.73 Å². The van der Waals surface area contributed by atoms with E-state index in [2.05, 4.69) is 0 Å². The Labute approximate surface area is 204 Å². The lowest BCUT2D eigenvalue weighted by atomic mass is 10.0. The van der Waals surface area contributed by atoms with Crippen LogP contribution in [0.2, 0.25) is 0 Å². The molecule has 0 aliphatic carbocycles. The molecule has 4 N–H and O–H groups in total. The van der Waals surface area contributed by atoms with E-state index >= 15 is 0 Å². The zero-order chi connectivity index (χ0) is 25.6. The van der Waals surface area contributed by atoms with Gasteiger partial charge in [0.25, 0.3) is 0 Å². The quantitative estimate of drug-likeness (QED) is 0.361. The van der Waals surface area contributed by atoms with Crippen LogP contribution in [0.15, 0.2) is 83.8 Å². The number of fused-ring (bicyclic) bond motifs is 1. The van der Waals surface area contributed by atoms with Crippen molar-refractivity contribution in [2.75, 3.05) is 19.9 Å². The predicted molar refractivity (Wildman–Crippen MR) is 137 cm³/mol. The molecule has 0 heterocycles. The first-order valence-electron chi connectivity index (χ1n) is 10.8. The van der Waals surface area contributed by atoms with Crippen molar-refractivity contribution in [1.29, 1.82) is 0 Å².